The van der Waals surface area contributed by atoms with E-state index in [2.05, 4.69) is 0 Å². The van der Waals surface area contributed by atoms with Crippen LogP contribution in [-0.2, 0) is 36.2 Å². The summed E-state index contributed by atoms with van der Waals surface area (Å²) >= 11 is 0. The van der Waals surface area contributed by atoms with Gasteiger partial charge in [0.15, 0.2) is 0 Å². The number of nitrogens with two attached hydrogens (primary N) is 1. The molecule has 0 saturated carbocycles. The Labute approximate surface area is 203 Å². The van der Waals surface area contributed by atoms with Crippen molar-refractivity contribution in [2.45, 2.75) is 35.7 Å². The molecule has 1 atom stereocenters. The Bertz CT molecular complexity index is 1470. The maximum absolute atomic E-state index is 13.6. The van der Waals surface area contributed by atoms with Crippen molar-refractivity contribution in [3.05, 3.63) is 90.0 Å². The number of carbonyl (C=O) groups excluding carboxylic acids is 2. The Balaban J connectivity index is 1.72. The number of sulfonamides is 2. The summed E-state index contributed by atoms with van der Waals surface area (Å²) < 4.78 is 51.3. The first-order valence-electron chi connectivity index (χ1n) is 10.6. The number of nitrogens with zero attached hydrogens (tertiary/aromatic N) is 2. The molecule has 0 aliphatic carbocycles. The fourth-order valence-electron chi connectivity index (χ4n) is 3.86. The monoisotopic (exact) mass is 513 g/mol. The smallest absolute Gasteiger partial charge is 0.252 e. The number of hydrogen-bond donors (Lipinski definition) is 1. The van der Waals surface area contributed by atoms with Crippen LogP contribution in [0.3, 0.4) is 0 Å². The third-order valence-corrected chi connectivity index (χ3v) is 8.50. The number of rotatable bonds is 7. The maximum Gasteiger partial charge on any atom is 0.252 e. The largest absolute Gasteiger partial charge is 0.274 e. The molecule has 9 nitrogen and oxygen atoms in total. The van der Waals surface area contributed by atoms with Crippen molar-refractivity contribution in [3.8, 4) is 0 Å². The predicted molar refractivity (Wildman–Crippen MR) is 129 cm³/mol. The van der Waals surface area contributed by atoms with Crippen LogP contribution in [0.5, 0.6) is 0 Å². The highest BCUT2D eigenvalue weighted by Gasteiger charge is 2.47. The first kappa shape index (κ1) is 24.7. The molecule has 1 heterocycles. The fourth-order valence-corrected chi connectivity index (χ4v) is 5.97. The van der Waals surface area contributed by atoms with E-state index in [0.717, 1.165) is 14.8 Å². The van der Waals surface area contributed by atoms with Crippen molar-refractivity contribution in [1.29, 1.82) is 0 Å². The maximum atomic E-state index is 13.6. The lowest BCUT2D eigenvalue weighted by molar-refractivity contribution is -0.122. The van der Waals surface area contributed by atoms with Gasteiger partial charge in [-0.05, 0) is 48.9 Å². The summed E-state index contributed by atoms with van der Waals surface area (Å²) in [5.41, 5.74) is 1.78. The van der Waals surface area contributed by atoms with E-state index in [1.165, 1.54) is 36.4 Å². The second-order valence-electron chi connectivity index (χ2n) is 8.18. The summed E-state index contributed by atoms with van der Waals surface area (Å²) in [6.07, 6.45) is -0.353. The number of primary sulfonamides is 1. The van der Waals surface area contributed by atoms with Gasteiger partial charge in [-0.25, -0.2) is 26.9 Å². The number of anilines is 1. The highest BCUT2D eigenvalue weighted by Crippen LogP contribution is 2.31. The van der Waals surface area contributed by atoms with E-state index in [0.29, 0.717) is 5.56 Å². The van der Waals surface area contributed by atoms with Gasteiger partial charge in [0.2, 0.25) is 26.0 Å². The van der Waals surface area contributed by atoms with E-state index in [4.69, 9.17) is 5.14 Å². The molecule has 35 heavy (non-hydrogen) atoms. The minimum Gasteiger partial charge on any atom is -0.274 e. The lowest BCUT2D eigenvalue weighted by Crippen LogP contribution is -2.45. The molecule has 0 bridgehead atoms. The van der Waals surface area contributed by atoms with Crippen molar-refractivity contribution >= 4 is 37.5 Å². The topological polar surface area (TPSA) is 135 Å². The van der Waals surface area contributed by atoms with Crippen molar-refractivity contribution in [1.82, 2.24) is 4.31 Å². The number of amides is 2. The van der Waals surface area contributed by atoms with E-state index in [1.54, 1.807) is 30.3 Å². The first-order chi connectivity index (χ1) is 16.5. The molecule has 1 unspecified atom stereocenters. The highest BCUT2D eigenvalue weighted by molar-refractivity contribution is 7.89. The number of hydrogen-bond acceptors (Lipinski definition) is 6. The minimum atomic E-state index is -4.14. The Hall–Kier alpha value is -3.38. The van der Waals surface area contributed by atoms with Crippen LogP contribution in [0.2, 0.25) is 0 Å². The molecule has 2 N–H and O–H groups in total. The molecule has 0 spiro atoms. The normalized spacial score (nSPS) is 16.8. The number of aryl methyl sites for hydroxylation is 1. The van der Waals surface area contributed by atoms with E-state index >= 15 is 0 Å². The van der Waals surface area contributed by atoms with Gasteiger partial charge < -0.3 is 0 Å². The predicted octanol–water partition coefficient (Wildman–Crippen LogP) is 2.17. The molecule has 0 aromatic heterocycles. The number of benzene rings is 3. The van der Waals surface area contributed by atoms with Crippen molar-refractivity contribution in [2.24, 2.45) is 5.14 Å². The summed E-state index contributed by atoms with van der Waals surface area (Å²) in [5, 5.41) is 5.11. The standard InChI is InChI=1S/C24H23N3O6S2/c1-17-7-9-18(10-8-17)16-26(35(32,33)21-5-3-2-4-6-21)22-15-23(28)27(24(22)29)19-11-13-20(14-12-19)34(25,30)31/h2-14,22H,15-16H2,1H3,(H2,25,30,31). The molecular weight excluding hydrogens is 490 g/mol. The van der Waals surface area contributed by atoms with Crippen molar-refractivity contribution < 1.29 is 26.4 Å². The average Bonchev–Trinajstić information content (AvgIpc) is 3.12. The van der Waals surface area contributed by atoms with Crippen LogP contribution in [-0.4, -0.2) is 39.0 Å². The number of imide groups is 1. The average molecular weight is 514 g/mol. The van der Waals surface area contributed by atoms with Crippen molar-refractivity contribution in [3.63, 3.8) is 0 Å². The van der Waals surface area contributed by atoms with Crippen LogP contribution >= 0.6 is 0 Å². The molecule has 4 rings (SSSR count). The quantitative estimate of drug-likeness (QED) is 0.481. The molecule has 1 fully saturated rings. The van der Waals surface area contributed by atoms with Gasteiger partial charge in [0, 0.05) is 6.54 Å². The van der Waals surface area contributed by atoms with Crippen LogP contribution < -0.4 is 10.0 Å². The van der Waals surface area contributed by atoms with Gasteiger partial charge in [0.1, 0.15) is 6.04 Å². The second kappa shape index (κ2) is 9.34. The van der Waals surface area contributed by atoms with Crippen LogP contribution in [0, 0.1) is 6.92 Å². The molecule has 3 aromatic carbocycles. The fraction of sp³-hybridized carbons (Fsp3) is 0.167. The summed E-state index contributed by atoms with van der Waals surface area (Å²) in [7, 11) is -8.10. The molecule has 1 aliphatic heterocycles. The lowest BCUT2D eigenvalue weighted by Gasteiger charge is -2.27. The molecule has 182 valence electrons. The van der Waals surface area contributed by atoms with Gasteiger partial charge in [-0.1, -0.05) is 48.0 Å². The Kier molecular flexibility index (Phi) is 6.60. The zero-order valence-electron chi connectivity index (χ0n) is 18.7. The van der Waals surface area contributed by atoms with Gasteiger partial charge in [-0.3, -0.25) is 9.59 Å². The molecule has 0 radical (unpaired) electrons. The molecule has 11 heteroatoms. The van der Waals surface area contributed by atoms with Gasteiger partial charge in [-0.2, -0.15) is 4.31 Å². The Morgan fingerprint density at radius 1 is 0.857 bits per heavy atom. The molecule has 2 amide bonds. The SMILES string of the molecule is Cc1ccc(CN(C2CC(=O)N(c3ccc(S(N)(=O)=O)cc3)C2=O)S(=O)(=O)c2ccccc2)cc1. The van der Waals surface area contributed by atoms with Gasteiger partial charge in [0.25, 0.3) is 5.91 Å². The summed E-state index contributed by atoms with van der Waals surface area (Å²) in [5.74, 6) is -1.31. The third-order valence-electron chi connectivity index (χ3n) is 5.70. The first-order valence-corrected chi connectivity index (χ1v) is 13.6. The van der Waals surface area contributed by atoms with Crippen molar-refractivity contribution in [2.75, 3.05) is 4.90 Å². The van der Waals surface area contributed by atoms with Crippen LogP contribution in [0.15, 0.2) is 88.7 Å². The zero-order valence-corrected chi connectivity index (χ0v) is 20.4. The third kappa shape index (κ3) is 5.03. The van der Waals surface area contributed by atoms with Gasteiger partial charge in [0.05, 0.1) is 21.9 Å². The van der Waals surface area contributed by atoms with Crippen LogP contribution in [0.4, 0.5) is 5.69 Å². The zero-order chi connectivity index (χ0) is 25.4. The van der Waals surface area contributed by atoms with E-state index in [-0.39, 0.29) is 28.4 Å². The highest BCUT2D eigenvalue weighted by atomic mass is 32.2. The number of carbonyl (C=O) groups is 2. The Morgan fingerprint density at radius 2 is 1.46 bits per heavy atom. The molecule has 3 aromatic rings. The van der Waals surface area contributed by atoms with Crippen LogP contribution in [0.25, 0.3) is 0 Å². The molecular formula is C24H23N3O6S2. The van der Waals surface area contributed by atoms with E-state index < -0.39 is 37.9 Å². The van der Waals surface area contributed by atoms with Gasteiger partial charge >= 0.3 is 0 Å². The van der Waals surface area contributed by atoms with Crippen LogP contribution in [0.1, 0.15) is 17.5 Å². The summed E-state index contributed by atoms with van der Waals surface area (Å²) in [6, 6.07) is 18.6. The minimum absolute atomic E-state index is 0.00307. The Morgan fingerprint density at radius 3 is 2.03 bits per heavy atom. The molecule has 1 saturated heterocycles. The summed E-state index contributed by atoms with van der Waals surface area (Å²) in [6.45, 7) is 1.79. The van der Waals surface area contributed by atoms with E-state index in [9.17, 15) is 26.4 Å². The van der Waals surface area contributed by atoms with E-state index in [1.807, 2.05) is 19.1 Å². The second-order valence-corrected chi connectivity index (χ2v) is 11.6. The van der Waals surface area contributed by atoms with Gasteiger partial charge in [-0.15, -0.1) is 0 Å². The summed E-state index contributed by atoms with van der Waals surface area (Å²) in [4.78, 5) is 27.0. The molecule has 1 aliphatic rings. The lowest BCUT2D eigenvalue weighted by atomic mass is 10.1.